The summed E-state index contributed by atoms with van der Waals surface area (Å²) in [5.41, 5.74) is -1.30. The Bertz CT molecular complexity index is 861. The van der Waals surface area contributed by atoms with Gasteiger partial charge in [0.2, 0.25) is 5.91 Å². The van der Waals surface area contributed by atoms with Crippen LogP contribution in [-0.2, 0) is 28.5 Å². The fourth-order valence-corrected chi connectivity index (χ4v) is 5.37. The molecule has 0 heterocycles. The van der Waals surface area contributed by atoms with Crippen LogP contribution in [-0.4, -0.2) is 85.7 Å². The Hall–Kier alpha value is -2.21. The second-order valence-corrected chi connectivity index (χ2v) is 15.1. The van der Waals surface area contributed by atoms with Gasteiger partial charge in [0.1, 0.15) is 11.6 Å². The molecule has 0 unspecified atom stereocenters. The zero-order chi connectivity index (χ0) is 35.6. The van der Waals surface area contributed by atoms with Gasteiger partial charge in [-0.3, -0.25) is 4.79 Å². The maximum Gasteiger partial charge on any atom is 0.408 e. The zero-order valence-corrected chi connectivity index (χ0v) is 31.6. The van der Waals surface area contributed by atoms with Gasteiger partial charge < -0.3 is 34.9 Å². The van der Waals surface area contributed by atoms with Crippen molar-refractivity contribution in [2.24, 2.45) is 0 Å². The molecule has 0 spiro atoms. The molecular weight excluding hydrogens is 622 g/mol. The Balaban J connectivity index is 4.36. The molecule has 0 aliphatic rings. The first-order chi connectivity index (χ1) is 22.2. The standard InChI is InChI=1S/C35H67N3O8S/c1-9-10-11-12-13-14-15-16-17-18-19-20-21-22-24-44-32(41)36-23-25-47-27-29(38-33(42)46-35(5,6)7)30(39)37-28(31(40)43-8)26-45-34(2,3)4/h28-29H,9-27H2,1-8H3,(H,36,41)(H,37,39)(H,38,42)/t28-,29-/m0/s1. The summed E-state index contributed by atoms with van der Waals surface area (Å²) in [6.45, 7) is 13.5. The minimum absolute atomic E-state index is 0.0976. The van der Waals surface area contributed by atoms with Crippen LogP contribution in [0.1, 0.15) is 138 Å². The lowest BCUT2D eigenvalue weighted by Crippen LogP contribution is -2.55. The normalized spacial score (nSPS) is 12.9. The fourth-order valence-electron chi connectivity index (χ4n) is 4.49. The van der Waals surface area contributed by atoms with Crippen molar-refractivity contribution in [3.63, 3.8) is 0 Å². The molecule has 0 saturated carbocycles. The van der Waals surface area contributed by atoms with E-state index >= 15 is 0 Å². The molecule has 0 aliphatic heterocycles. The van der Waals surface area contributed by atoms with Crippen LogP contribution in [0.15, 0.2) is 0 Å². The zero-order valence-electron chi connectivity index (χ0n) is 30.8. The Morgan fingerprint density at radius 3 is 1.70 bits per heavy atom. The molecule has 276 valence electrons. The van der Waals surface area contributed by atoms with Crippen molar-refractivity contribution >= 4 is 35.8 Å². The summed E-state index contributed by atoms with van der Waals surface area (Å²) in [7, 11) is 1.23. The third-order valence-electron chi connectivity index (χ3n) is 7.02. The van der Waals surface area contributed by atoms with E-state index in [1.54, 1.807) is 20.8 Å². The number of carbonyl (C=O) groups is 4. The molecule has 0 rings (SSSR count). The topological polar surface area (TPSA) is 141 Å². The first kappa shape index (κ1) is 44.8. The molecule has 0 saturated heterocycles. The number of unbranched alkanes of at least 4 members (excludes halogenated alkanes) is 13. The smallest absolute Gasteiger partial charge is 0.408 e. The first-order valence-corrected chi connectivity index (χ1v) is 18.8. The summed E-state index contributed by atoms with van der Waals surface area (Å²) in [4.78, 5) is 50.0. The summed E-state index contributed by atoms with van der Waals surface area (Å²) < 4.78 is 21.1. The molecule has 0 aromatic carbocycles. The minimum atomic E-state index is -1.06. The quantitative estimate of drug-likeness (QED) is 0.0485. The number of hydrogen-bond donors (Lipinski definition) is 3. The predicted octanol–water partition coefficient (Wildman–Crippen LogP) is 7.29. The van der Waals surface area contributed by atoms with E-state index in [-0.39, 0.29) is 12.4 Å². The summed E-state index contributed by atoms with van der Waals surface area (Å²) in [6, 6.07) is -2.07. The van der Waals surface area contributed by atoms with Crippen LogP contribution in [0.4, 0.5) is 9.59 Å². The van der Waals surface area contributed by atoms with Crippen LogP contribution >= 0.6 is 11.8 Å². The number of carbonyl (C=O) groups excluding carboxylic acids is 4. The van der Waals surface area contributed by atoms with Gasteiger partial charge in [0.15, 0.2) is 6.04 Å². The molecule has 47 heavy (non-hydrogen) atoms. The number of amides is 3. The molecule has 3 amide bonds. The summed E-state index contributed by atoms with van der Waals surface area (Å²) in [5, 5.41) is 7.92. The van der Waals surface area contributed by atoms with E-state index in [1.807, 2.05) is 20.8 Å². The van der Waals surface area contributed by atoms with E-state index < -0.39 is 47.3 Å². The van der Waals surface area contributed by atoms with Gasteiger partial charge in [-0.1, -0.05) is 90.4 Å². The van der Waals surface area contributed by atoms with Crippen molar-refractivity contribution in [2.75, 3.05) is 38.4 Å². The number of hydrogen-bond acceptors (Lipinski definition) is 9. The number of nitrogens with one attached hydrogen (secondary N) is 3. The van der Waals surface area contributed by atoms with Gasteiger partial charge in [0.05, 0.1) is 25.9 Å². The van der Waals surface area contributed by atoms with E-state index in [0.29, 0.717) is 18.9 Å². The molecule has 0 aromatic heterocycles. The van der Waals surface area contributed by atoms with Gasteiger partial charge in [-0.2, -0.15) is 11.8 Å². The Kier molecular flexibility index (Phi) is 25.5. The van der Waals surface area contributed by atoms with Crippen LogP contribution in [0.3, 0.4) is 0 Å². The molecule has 0 bridgehead atoms. The van der Waals surface area contributed by atoms with E-state index in [2.05, 4.69) is 22.9 Å². The largest absolute Gasteiger partial charge is 0.467 e. The summed E-state index contributed by atoms with van der Waals surface area (Å²) in [6.07, 6.45) is 16.6. The molecule has 0 aliphatic carbocycles. The van der Waals surface area contributed by atoms with E-state index in [1.165, 1.54) is 89.5 Å². The van der Waals surface area contributed by atoms with E-state index in [0.717, 1.165) is 19.3 Å². The molecule has 12 heteroatoms. The van der Waals surface area contributed by atoms with Crippen LogP contribution in [0.25, 0.3) is 0 Å². The lowest BCUT2D eigenvalue weighted by Gasteiger charge is -2.26. The number of esters is 1. The Morgan fingerprint density at radius 1 is 0.681 bits per heavy atom. The maximum atomic E-state index is 13.1. The van der Waals surface area contributed by atoms with Gasteiger partial charge in [-0.15, -0.1) is 0 Å². The second kappa shape index (κ2) is 26.7. The number of ether oxygens (including phenoxy) is 4. The molecule has 2 atom stereocenters. The fraction of sp³-hybridized carbons (Fsp3) is 0.886. The van der Waals surface area contributed by atoms with Crippen LogP contribution in [0.5, 0.6) is 0 Å². The van der Waals surface area contributed by atoms with Crippen LogP contribution in [0.2, 0.25) is 0 Å². The molecule has 0 aromatic rings. The molecule has 11 nitrogen and oxygen atoms in total. The molecule has 0 fully saturated rings. The monoisotopic (exact) mass is 689 g/mol. The van der Waals surface area contributed by atoms with Gasteiger partial charge in [0, 0.05) is 18.1 Å². The van der Waals surface area contributed by atoms with Crippen molar-refractivity contribution in [1.29, 1.82) is 0 Å². The highest BCUT2D eigenvalue weighted by molar-refractivity contribution is 7.99. The third kappa shape index (κ3) is 28.5. The molecule has 0 radical (unpaired) electrons. The highest BCUT2D eigenvalue weighted by Crippen LogP contribution is 2.14. The summed E-state index contributed by atoms with van der Waals surface area (Å²) in [5.74, 6) is -0.601. The lowest BCUT2D eigenvalue weighted by molar-refractivity contribution is -0.148. The van der Waals surface area contributed by atoms with Gasteiger partial charge >= 0.3 is 18.2 Å². The molecule has 3 N–H and O–H groups in total. The van der Waals surface area contributed by atoms with Crippen molar-refractivity contribution in [3.05, 3.63) is 0 Å². The lowest BCUT2D eigenvalue weighted by atomic mass is 10.0. The average molecular weight is 690 g/mol. The highest BCUT2D eigenvalue weighted by atomic mass is 32.2. The van der Waals surface area contributed by atoms with E-state index in [9.17, 15) is 19.2 Å². The van der Waals surface area contributed by atoms with Crippen LogP contribution < -0.4 is 16.0 Å². The van der Waals surface area contributed by atoms with Gasteiger partial charge in [-0.25, -0.2) is 14.4 Å². The Labute approximate surface area is 289 Å². The van der Waals surface area contributed by atoms with Crippen LogP contribution in [0, 0.1) is 0 Å². The van der Waals surface area contributed by atoms with Crippen molar-refractivity contribution < 1.29 is 38.1 Å². The van der Waals surface area contributed by atoms with E-state index in [4.69, 9.17) is 18.9 Å². The number of thioether (sulfide) groups is 1. The number of methoxy groups -OCH3 is 1. The minimum Gasteiger partial charge on any atom is -0.467 e. The first-order valence-electron chi connectivity index (χ1n) is 17.7. The number of alkyl carbamates (subject to hydrolysis) is 2. The second-order valence-electron chi connectivity index (χ2n) is 13.9. The van der Waals surface area contributed by atoms with Gasteiger partial charge in [0.25, 0.3) is 0 Å². The van der Waals surface area contributed by atoms with Gasteiger partial charge in [-0.05, 0) is 48.0 Å². The highest BCUT2D eigenvalue weighted by Gasteiger charge is 2.30. The SMILES string of the molecule is CCCCCCCCCCCCCCCCOC(=O)NCCSC[C@H](NC(=O)OC(C)(C)C)C(=O)N[C@@H](COC(C)(C)C)C(=O)OC. The Morgan fingerprint density at radius 2 is 1.21 bits per heavy atom. The van der Waals surface area contributed by atoms with Crippen molar-refractivity contribution in [3.8, 4) is 0 Å². The number of rotatable bonds is 26. The molecular formula is C35H67N3O8S. The third-order valence-corrected chi connectivity index (χ3v) is 8.09. The maximum absolute atomic E-state index is 13.1. The summed E-state index contributed by atoms with van der Waals surface area (Å²) >= 11 is 1.35. The van der Waals surface area contributed by atoms with Crippen molar-refractivity contribution in [2.45, 2.75) is 162 Å². The predicted molar refractivity (Wildman–Crippen MR) is 190 cm³/mol. The van der Waals surface area contributed by atoms with Crippen molar-refractivity contribution in [1.82, 2.24) is 16.0 Å². The average Bonchev–Trinajstić information content (AvgIpc) is 2.98.